The van der Waals surface area contributed by atoms with Gasteiger partial charge in [0.1, 0.15) is 5.76 Å². The van der Waals surface area contributed by atoms with E-state index in [0.717, 1.165) is 42.1 Å². The molecule has 4 heteroatoms. The molecule has 2 aliphatic heterocycles. The van der Waals surface area contributed by atoms with Crippen LogP contribution in [0.1, 0.15) is 13.3 Å². The minimum Gasteiger partial charge on any atom is -0.458 e. The number of nitrogens with zero attached hydrogens (tertiary/aromatic N) is 1. The van der Waals surface area contributed by atoms with E-state index in [2.05, 4.69) is 26.9 Å². The highest BCUT2D eigenvalue weighted by Gasteiger charge is 2.29. The fourth-order valence-electron chi connectivity index (χ4n) is 2.33. The van der Waals surface area contributed by atoms with Crippen LogP contribution in [0, 0.1) is 0 Å². The van der Waals surface area contributed by atoms with Gasteiger partial charge in [-0.15, -0.1) is 0 Å². The zero-order valence-electron chi connectivity index (χ0n) is 10.4. The average molecular weight is 310 g/mol. The van der Waals surface area contributed by atoms with Crippen molar-refractivity contribution in [2.45, 2.75) is 19.4 Å². The van der Waals surface area contributed by atoms with Gasteiger partial charge in [-0.05, 0) is 25.5 Å². The van der Waals surface area contributed by atoms with E-state index in [1.165, 1.54) is 5.70 Å². The maximum absolute atomic E-state index is 5.87. The first kappa shape index (κ1) is 12.1. The minimum atomic E-state index is 0.345. The number of fused-ring (bicyclic) bond motifs is 1. The molecule has 0 amide bonds. The lowest BCUT2D eigenvalue weighted by atomic mass is 10.1. The Kier molecular flexibility index (Phi) is 3.31. The Morgan fingerprint density at radius 1 is 1.39 bits per heavy atom. The molecule has 3 rings (SSSR count). The summed E-state index contributed by atoms with van der Waals surface area (Å²) in [4.78, 5) is 2.31. The van der Waals surface area contributed by atoms with Crippen LogP contribution in [0.25, 0.3) is 0 Å². The summed E-state index contributed by atoms with van der Waals surface area (Å²) >= 11 is 3.55. The van der Waals surface area contributed by atoms with Crippen LogP contribution in [-0.2, 0) is 4.74 Å². The van der Waals surface area contributed by atoms with E-state index in [0.29, 0.717) is 6.10 Å². The standard InChI is InChI=1S/C14H16BrNO2/c1-10-13(8-15)16(9-11-6-7-17-11)12-4-2-3-5-14(12)18-10/h2-5,11H,6-9H2,1H3/t11-/m0/s1. The second kappa shape index (κ2) is 4.94. The first-order valence-electron chi connectivity index (χ1n) is 6.21. The molecule has 0 aliphatic carbocycles. The van der Waals surface area contributed by atoms with E-state index < -0.39 is 0 Å². The molecule has 0 bridgehead atoms. The van der Waals surface area contributed by atoms with Gasteiger partial charge >= 0.3 is 0 Å². The van der Waals surface area contributed by atoms with Crippen LogP contribution in [0.2, 0.25) is 0 Å². The van der Waals surface area contributed by atoms with Crippen molar-refractivity contribution in [2.75, 3.05) is 23.4 Å². The lowest BCUT2D eigenvalue weighted by Gasteiger charge is -2.38. The van der Waals surface area contributed by atoms with Crippen molar-refractivity contribution < 1.29 is 9.47 Å². The van der Waals surface area contributed by atoms with Crippen molar-refractivity contribution in [3.05, 3.63) is 35.7 Å². The molecular formula is C14H16BrNO2. The van der Waals surface area contributed by atoms with Crippen molar-refractivity contribution in [1.82, 2.24) is 0 Å². The highest BCUT2D eigenvalue weighted by molar-refractivity contribution is 9.09. The Bertz CT molecular complexity index is 482. The van der Waals surface area contributed by atoms with E-state index in [9.17, 15) is 0 Å². The summed E-state index contributed by atoms with van der Waals surface area (Å²) < 4.78 is 11.4. The number of hydrogen-bond acceptors (Lipinski definition) is 3. The molecule has 2 heterocycles. The molecule has 0 spiro atoms. The predicted octanol–water partition coefficient (Wildman–Crippen LogP) is 3.30. The van der Waals surface area contributed by atoms with Crippen LogP contribution < -0.4 is 9.64 Å². The Labute approximate surface area is 116 Å². The number of rotatable bonds is 3. The smallest absolute Gasteiger partial charge is 0.150 e. The molecule has 96 valence electrons. The van der Waals surface area contributed by atoms with Crippen molar-refractivity contribution >= 4 is 21.6 Å². The van der Waals surface area contributed by atoms with E-state index in [1.54, 1.807) is 0 Å². The molecule has 3 nitrogen and oxygen atoms in total. The number of alkyl halides is 1. The number of para-hydroxylation sites is 2. The zero-order chi connectivity index (χ0) is 12.5. The third-order valence-electron chi connectivity index (χ3n) is 3.46. The second-order valence-corrected chi connectivity index (χ2v) is 5.16. The molecule has 0 aromatic heterocycles. The fraction of sp³-hybridized carbons (Fsp3) is 0.429. The van der Waals surface area contributed by atoms with Crippen molar-refractivity contribution in [3.8, 4) is 5.75 Å². The highest BCUT2D eigenvalue weighted by Crippen LogP contribution is 2.38. The summed E-state index contributed by atoms with van der Waals surface area (Å²) in [7, 11) is 0. The first-order chi connectivity index (χ1) is 8.79. The van der Waals surface area contributed by atoms with E-state index in [1.807, 2.05) is 25.1 Å². The molecule has 0 unspecified atom stereocenters. The number of benzene rings is 1. The molecule has 1 saturated heterocycles. The van der Waals surface area contributed by atoms with Gasteiger partial charge in [-0.2, -0.15) is 0 Å². The van der Waals surface area contributed by atoms with Crippen molar-refractivity contribution in [2.24, 2.45) is 0 Å². The van der Waals surface area contributed by atoms with Crippen LogP contribution in [-0.4, -0.2) is 24.6 Å². The third kappa shape index (κ3) is 2.04. The van der Waals surface area contributed by atoms with Gasteiger partial charge in [-0.25, -0.2) is 0 Å². The first-order valence-corrected chi connectivity index (χ1v) is 7.33. The summed E-state index contributed by atoms with van der Waals surface area (Å²) in [5.41, 5.74) is 2.32. The molecule has 1 aromatic carbocycles. The van der Waals surface area contributed by atoms with Crippen molar-refractivity contribution in [3.63, 3.8) is 0 Å². The largest absolute Gasteiger partial charge is 0.458 e. The topological polar surface area (TPSA) is 21.7 Å². The molecule has 0 saturated carbocycles. The average Bonchev–Trinajstić information content (AvgIpc) is 2.33. The number of hydrogen-bond donors (Lipinski definition) is 0. The summed E-state index contributed by atoms with van der Waals surface area (Å²) in [6.07, 6.45) is 1.49. The maximum Gasteiger partial charge on any atom is 0.150 e. The molecular weight excluding hydrogens is 294 g/mol. The summed E-state index contributed by atoms with van der Waals surface area (Å²) in [6, 6.07) is 8.16. The second-order valence-electron chi connectivity index (χ2n) is 4.60. The Balaban J connectivity index is 1.95. The van der Waals surface area contributed by atoms with E-state index in [-0.39, 0.29) is 0 Å². The van der Waals surface area contributed by atoms with Crippen LogP contribution in [0.15, 0.2) is 35.7 Å². The summed E-state index contributed by atoms with van der Waals surface area (Å²) in [6.45, 7) is 3.81. The third-order valence-corrected chi connectivity index (χ3v) is 3.99. The molecule has 2 aliphatic rings. The van der Waals surface area contributed by atoms with Crippen LogP contribution in [0.5, 0.6) is 5.75 Å². The number of allylic oxidation sites excluding steroid dienone is 2. The normalized spacial score (nSPS) is 22.3. The molecule has 0 N–H and O–H groups in total. The van der Waals surface area contributed by atoms with E-state index >= 15 is 0 Å². The van der Waals surface area contributed by atoms with Gasteiger partial charge in [0.05, 0.1) is 17.5 Å². The fourth-order valence-corrected chi connectivity index (χ4v) is 3.03. The lowest BCUT2D eigenvalue weighted by molar-refractivity contribution is -0.0440. The van der Waals surface area contributed by atoms with Gasteiger partial charge in [-0.1, -0.05) is 28.1 Å². The maximum atomic E-state index is 5.87. The Morgan fingerprint density at radius 2 is 2.17 bits per heavy atom. The molecule has 0 radical (unpaired) electrons. The summed E-state index contributed by atoms with van der Waals surface area (Å²) in [5, 5.41) is 0.792. The number of ether oxygens (including phenoxy) is 2. The Morgan fingerprint density at radius 3 is 2.83 bits per heavy atom. The van der Waals surface area contributed by atoms with Crippen LogP contribution in [0.4, 0.5) is 5.69 Å². The van der Waals surface area contributed by atoms with Gasteiger partial charge in [0.2, 0.25) is 0 Å². The van der Waals surface area contributed by atoms with Gasteiger partial charge in [0, 0.05) is 18.5 Å². The molecule has 1 atom stereocenters. The minimum absolute atomic E-state index is 0.345. The summed E-state index contributed by atoms with van der Waals surface area (Å²) in [5.74, 6) is 1.89. The number of anilines is 1. The predicted molar refractivity (Wildman–Crippen MR) is 75.3 cm³/mol. The molecule has 1 aromatic rings. The van der Waals surface area contributed by atoms with Gasteiger partial charge in [-0.3, -0.25) is 0 Å². The molecule has 1 fully saturated rings. The van der Waals surface area contributed by atoms with Crippen molar-refractivity contribution in [1.29, 1.82) is 0 Å². The number of halogens is 1. The van der Waals surface area contributed by atoms with Gasteiger partial charge < -0.3 is 14.4 Å². The van der Waals surface area contributed by atoms with Gasteiger partial charge in [0.15, 0.2) is 5.75 Å². The van der Waals surface area contributed by atoms with E-state index in [4.69, 9.17) is 9.47 Å². The monoisotopic (exact) mass is 309 g/mol. The van der Waals surface area contributed by atoms with Crippen LogP contribution in [0.3, 0.4) is 0 Å². The zero-order valence-corrected chi connectivity index (χ0v) is 11.9. The highest BCUT2D eigenvalue weighted by atomic mass is 79.9. The SMILES string of the molecule is CC1=C(CBr)N(C[C@@H]2CCO2)c2ccccc2O1. The Hall–Kier alpha value is -1.00. The quantitative estimate of drug-likeness (QED) is 0.800. The lowest BCUT2D eigenvalue weighted by Crippen LogP contribution is -2.41. The van der Waals surface area contributed by atoms with Gasteiger partial charge in [0.25, 0.3) is 0 Å². The van der Waals surface area contributed by atoms with Crippen LogP contribution >= 0.6 is 15.9 Å². The molecule has 18 heavy (non-hydrogen) atoms.